The number of imidazole rings is 10. The van der Waals surface area contributed by atoms with Gasteiger partial charge in [0.15, 0.2) is 51.3 Å². The predicted molar refractivity (Wildman–Crippen MR) is 544 cm³/mol. The molecule has 7 aliphatic rings. The summed E-state index contributed by atoms with van der Waals surface area (Å²) in [6.45, 7) is 2.34. The number of rotatable bonds is 19. The molecular formula is C92H129Cl3N38O9. The van der Waals surface area contributed by atoms with Gasteiger partial charge in [0.25, 0.3) is 6.33 Å². The second-order valence-electron chi connectivity index (χ2n) is 34.5. The van der Waals surface area contributed by atoms with Crippen molar-refractivity contribution in [1.82, 2.24) is 145 Å². The number of nitro groups is 3. The van der Waals surface area contributed by atoms with Gasteiger partial charge in [0.2, 0.25) is 22.8 Å². The van der Waals surface area contributed by atoms with Crippen molar-refractivity contribution in [2.75, 3.05) is 60.4 Å². The number of hydrogen-bond acceptors (Lipinski definition) is 31. The molecule has 0 aromatic carbocycles. The maximum atomic E-state index is 10.6. The average Bonchev–Trinajstić information content (AvgIpc) is 1.66. The van der Waals surface area contributed by atoms with E-state index in [4.69, 9.17) is 61.5 Å². The van der Waals surface area contributed by atoms with Crippen molar-refractivity contribution in [3.05, 3.63) is 226 Å². The number of nitrogen functional groups attached to an aromatic ring is 2. The molecule has 18 heterocycles. The van der Waals surface area contributed by atoms with Gasteiger partial charge in [-0.3, -0.25) is 18.3 Å². The molecule has 23 rings (SSSR count). The Balaban J connectivity index is 0.000000161. The third-order valence-corrected chi connectivity index (χ3v) is 25.9. The van der Waals surface area contributed by atoms with Crippen LogP contribution in [-0.4, -0.2) is 215 Å². The van der Waals surface area contributed by atoms with Crippen LogP contribution in [0.15, 0.2) is 180 Å². The van der Waals surface area contributed by atoms with E-state index in [1.807, 2.05) is 117 Å². The van der Waals surface area contributed by atoms with Gasteiger partial charge in [0, 0.05) is 101 Å². The number of nitrogens with zero attached hydrogens (tertiary/aromatic N) is 33. The van der Waals surface area contributed by atoms with Crippen molar-refractivity contribution in [2.45, 2.75) is 251 Å². The highest BCUT2D eigenvalue weighted by Gasteiger charge is 2.29. The molecule has 47 nitrogen and oxygen atoms in total. The van der Waals surface area contributed by atoms with Crippen LogP contribution in [0.1, 0.15) is 240 Å². The number of nitrogens with one attached hydrogen (secondary N) is 3. The highest BCUT2D eigenvalue weighted by molar-refractivity contribution is 6.34. The van der Waals surface area contributed by atoms with Gasteiger partial charge >= 0.3 is 11.6 Å². The van der Waals surface area contributed by atoms with E-state index in [-0.39, 0.29) is 52.7 Å². The Morgan fingerprint density at radius 2 is 0.789 bits per heavy atom. The van der Waals surface area contributed by atoms with Gasteiger partial charge < -0.3 is 90.7 Å². The topological polar surface area (TPSA) is 550 Å². The molecule has 2 aliphatic heterocycles. The van der Waals surface area contributed by atoms with Gasteiger partial charge in [0.05, 0.1) is 69.5 Å². The molecular weight excluding hydrogens is 1890 g/mol. The van der Waals surface area contributed by atoms with E-state index in [2.05, 4.69) is 137 Å². The van der Waals surface area contributed by atoms with E-state index in [1.54, 1.807) is 51.3 Å². The van der Waals surface area contributed by atoms with Crippen molar-refractivity contribution < 1.29 is 31.6 Å². The lowest BCUT2D eigenvalue weighted by Crippen LogP contribution is -2.34. The summed E-state index contributed by atoms with van der Waals surface area (Å²) < 4.78 is 23.7. The molecule has 0 radical (unpaired) electrons. The number of hydrogen-bond donors (Lipinski definition) is 8. The summed E-state index contributed by atoms with van der Waals surface area (Å²) in [6, 6.07) is 14.7. The van der Waals surface area contributed by atoms with Crippen molar-refractivity contribution in [3.63, 3.8) is 0 Å². The maximum absolute atomic E-state index is 10.6. The quantitative estimate of drug-likeness (QED) is 0.0275. The molecule has 762 valence electrons. The fraction of sp³-hybridized carbons (Fsp3) is 0.478. The second kappa shape index (κ2) is 52.4. The molecule has 2 saturated heterocycles. The summed E-state index contributed by atoms with van der Waals surface area (Å²) in [5, 5.41) is 78.0. The third-order valence-electron chi connectivity index (χ3n) is 25.3. The number of aliphatic hydroxyl groups excluding tert-OH is 3. The zero-order chi connectivity index (χ0) is 97.1. The molecule has 50 heteroatoms. The molecule has 16 aromatic rings. The molecule has 10 N–H and O–H groups in total. The normalized spacial score (nSPS) is 16.6. The summed E-state index contributed by atoms with van der Waals surface area (Å²) in [5.74, 6) is 7.01. The Labute approximate surface area is 836 Å². The Morgan fingerprint density at radius 1 is 0.408 bits per heavy atom. The zero-order valence-corrected chi connectivity index (χ0v) is 79.2. The number of anilines is 7. The number of aromatic nitrogens is 29. The highest BCUT2D eigenvalue weighted by Crippen LogP contribution is 2.36. The van der Waals surface area contributed by atoms with E-state index in [0.29, 0.717) is 99.4 Å². The summed E-state index contributed by atoms with van der Waals surface area (Å²) in [6.07, 6.45) is 76.7. The Morgan fingerprint density at radius 3 is 1.18 bits per heavy atom. The molecule has 0 spiro atoms. The van der Waals surface area contributed by atoms with Crippen molar-refractivity contribution in [2.24, 2.45) is 0 Å². The van der Waals surface area contributed by atoms with E-state index >= 15 is 0 Å². The monoisotopic (exact) mass is 2010 g/mol. The molecule has 2 atom stereocenters. The fourth-order valence-electron chi connectivity index (χ4n) is 18.0. The Bertz CT molecular complexity index is 6520. The van der Waals surface area contributed by atoms with Crippen LogP contribution in [0, 0.1) is 30.3 Å². The average molecular weight is 2020 g/mol. The molecule has 0 unspecified atom stereocenters. The largest absolute Gasteiger partial charge is 0.400 e. The van der Waals surface area contributed by atoms with Gasteiger partial charge in [-0.05, 0) is 181 Å². The number of nitrogens with two attached hydrogens (primary N) is 2. The second-order valence-corrected chi connectivity index (χ2v) is 35.6. The van der Waals surface area contributed by atoms with Crippen LogP contribution in [0.4, 0.5) is 52.5 Å². The minimum Gasteiger partial charge on any atom is -0.400 e. The molecule has 7 fully saturated rings. The van der Waals surface area contributed by atoms with Crippen molar-refractivity contribution in [3.8, 4) is 23.3 Å². The van der Waals surface area contributed by atoms with Gasteiger partial charge in [-0.1, -0.05) is 130 Å². The van der Waals surface area contributed by atoms with Gasteiger partial charge in [-0.25, -0.2) is 68.5 Å². The highest BCUT2D eigenvalue weighted by atomic mass is 35.5. The first-order chi connectivity index (χ1) is 67.8. The lowest BCUT2D eigenvalue weighted by molar-refractivity contribution is -0.542. The molecule has 0 bridgehead atoms. The van der Waals surface area contributed by atoms with Gasteiger partial charge in [-0.15, -0.1) is 15.3 Å². The van der Waals surface area contributed by atoms with Crippen molar-refractivity contribution >= 4 is 104 Å². The van der Waals surface area contributed by atoms with Crippen LogP contribution >= 0.6 is 34.8 Å². The number of fused-ring (bicyclic) bond motifs is 3. The first-order valence-corrected chi connectivity index (χ1v) is 48.0. The lowest BCUT2D eigenvalue weighted by Gasteiger charge is -2.23. The first kappa shape index (κ1) is 107. The Hall–Kier alpha value is -14.1. The van der Waals surface area contributed by atoms with E-state index < -0.39 is 20.7 Å². The summed E-state index contributed by atoms with van der Waals surface area (Å²) >= 11 is 17.3. The van der Waals surface area contributed by atoms with Gasteiger partial charge in [-0.2, -0.15) is 9.97 Å². The summed E-state index contributed by atoms with van der Waals surface area (Å²) in [7, 11) is 1.00. The first-order valence-electron chi connectivity index (χ1n) is 46.9. The third kappa shape index (κ3) is 28.4. The molecule has 0 amide bonds. The van der Waals surface area contributed by atoms with E-state index in [0.717, 1.165) is 86.0 Å². The summed E-state index contributed by atoms with van der Waals surface area (Å²) in [5.41, 5.74) is 13.6. The van der Waals surface area contributed by atoms with Crippen molar-refractivity contribution in [1.29, 1.82) is 0 Å². The van der Waals surface area contributed by atoms with Crippen LogP contribution < -0.4 is 32.3 Å². The predicted octanol–water partition coefficient (Wildman–Crippen LogP) is 17.3. The van der Waals surface area contributed by atoms with Crippen LogP contribution in [0.5, 0.6) is 0 Å². The number of halogens is 3. The van der Waals surface area contributed by atoms with Crippen LogP contribution in [0.25, 0.3) is 39.8 Å². The number of aliphatic hydroxyl groups is 3. The minimum absolute atomic E-state index is 0. The maximum Gasteiger partial charge on any atom is 0.388 e. The minimum atomic E-state index is -0.819. The van der Waals surface area contributed by atoms with Crippen LogP contribution in [0.2, 0.25) is 15.7 Å². The van der Waals surface area contributed by atoms with Crippen LogP contribution in [0.3, 0.4) is 0 Å². The molecule has 16 aromatic heterocycles. The standard InChI is InChI=1S/C23H29N9O.C18H19ClN8.C12H15N5O2.C12H17N5.C9H15N3.C6H3Cl2N3.C5H11NO.C3H2N4O4.CH4O.3CH4.H2/c33-14-18-8-4-10-31(18)23-27-22(19-9-5-11-32(19)28-23)26-20-12-30(15-24-20)21-13-29(16-25-21)17-6-2-1-3-7-17;19-18-23-17(14-7-4-8-27(14)24-18)22-15-9-26(11-20-15)16-10-25(12-21-16)13-5-2-1-3-6-13;18-17(19)12-7-16(9-14-12)11-6-15(8-13-11)10-4-2-1-3-5-10;13-11-6-17(8-14-11)12-7-16(9-15-12)10-4-2-1-3-5-10;10-9-6-12(7-11-9)8-4-2-1-3-5-8;7-5-4-2-1-3-11(4)10-6(8)9-5;7-4-5-2-1-3-6-5;8-6(9)3-1-5(2-4-3)7(10)11;1-2;;;;/h5,9,11-13,15-18,33H,1-4,6-8,10,14H2,(H,26,27,28);4,7-13H,1-3,5-6H2,(H,22,23,24);6-10H,1-5H2;6-10H,1-5,13H2;6-8H,1-5,10H2;1-3H;5-7H,1-4H2;1-2H;2H,1H3;3*1H4;1H/t18-;;;;;;5-;;;;;;/m0.....0....../s1. The zero-order valence-electron chi connectivity index (χ0n) is 77.0. The molecule has 5 saturated carbocycles. The smallest absolute Gasteiger partial charge is 0.388 e. The van der Waals surface area contributed by atoms with E-state index in [1.165, 1.54) is 179 Å². The van der Waals surface area contributed by atoms with Gasteiger partial charge in [0.1, 0.15) is 65.0 Å². The van der Waals surface area contributed by atoms with E-state index in [9.17, 15) is 35.4 Å². The molecule has 5 aliphatic carbocycles. The fourth-order valence-corrected chi connectivity index (χ4v) is 18.6. The summed E-state index contributed by atoms with van der Waals surface area (Å²) in [4.78, 5) is 85.8. The molecule has 142 heavy (non-hydrogen) atoms. The lowest BCUT2D eigenvalue weighted by atomic mass is 9.95. The SMILES string of the molecule is C.C.C.CO.Clc1nc(Cl)c2cccn2n1.Clc1nc(Nc2cn(-c3cn(C4CCCCC4)cn3)cn2)c2cccn2n1.Nc1cn(-c2cn(C3CCCCC3)cn2)cn1.Nc1cn(C2CCCCC2)cn1.O=[N+]([O-])c1cn(-c2cn(C3CCCCC3)cn2)cn1.O=[N+]([O-])c1cn([N+](=O)[O-])cn1.OC[C@@H]1CCCN1.OC[C@@H]1CCCN1c1nc(Nc2cn(-c3cn(C4CCCCC4)cn3)cn2)c2cccn2n1.[HH]. The van der Waals surface area contributed by atoms with Crippen LogP contribution in [-0.2, 0) is 0 Å². The Kier molecular flexibility index (Phi) is 39.4.